The molecule has 2 N–H and O–H groups in total. The highest BCUT2D eigenvalue weighted by molar-refractivity contribution is 6.31. The summed E-state index contributed by atoms with van der Waals surface area (Å²) in [4.78, 5) is 0. The van der Waals surface area contributed by atoms with Crippen molar-refractivity contribution in [1.29, 1.82) is 0 Å². The molecule has 0 radical (unpaired) electrons. The second-order valence-electron chi connectivity index (χ2n) is 5.37. The van der Waals surface area contributed by atoms with Crippen LogP contribution in [0.25, 0.3) is 0 Å². The van der Waals surface area contributed by atoms with Crippen LogP contribution in [0.5, 0.6) is 0 Å². The summed E-state index contributed by atoms with van der Waals surface area (Å²) in [5.41, 5.74) is 8.89. The molecule has 0 saturated heterocycles. The van der Waals surface area contributed by atoms with Gasteiger partial charge in [0.15, 0.2) is 0 Å². The molecular formula is C14H18ClN. The Kier molecular flexibility index (Phi) is 2.49. The van der Waals surface area contributed by atoms with Gasteiger partial charge in [-0.15, -0.1) is 0 Å². The maximum Gasteiger partial charge on any atom is 0.0444 e. The molecule has 2 heteroatoms. The van der Waals surface area contributed by atoms with Crippen LogP contribution in [0, 0.1) is 0 Å². The smallest absolute Gasteiger partial charge is 0.0444 e. The first-order valence-electron chi connectivity index (χ1n) is 6.28. The van der Waals surface area contributed by atoms with E-state index in [0.29, 0.717) is 0 Å². The molecule has 2 saturated carbocycles. The van der Waals surface area contributed by atoms with E-state index < -0.39 is 0 Å². The van der Waals surface area contributed by atoms with Gasteiger partial charge in [0.1, 0.15) is 0 Å². The average molecular weight is 236 g/mol. The second kappa shape index (κ2) is 3.75. The summed E-state index contributed by atoms with van der Waals surface area (Å²) in [7, 11) is 0. The Bertz CT molecular complexity index is 403. The van der Waals surface area contributed by atoms with E-state index in [0.717, 1.165) is 23.8 Å². The summed E-state index contributed by atoms with van der Waals surface area (Å²) >= 11 is 6.35. The molecule has 0 atom stereocenters. The molecule has 1 aromatic carbocycles. The van der Waals surface area contributed by atoms with E-state index >= 15 is 0 Å². The highest BCUT2D eigenvalue weighted by atomic mass is 35.5. The Morgan fingerprint density at radius 2 is 1.88 bits per heavy atom. The van der Waals surface area contributed by atoms with E-state index in [1.165, 1.54) is 36.8 Å². The molecule has 0 aromatic heterocycles. The SMILES string of the molecule is NC1(c2ccc(C3CC3)c(Cl)c2)CCCC1. The van der Waals surface area contributed by atoms with Gasteiger partial charge in [-0.05, 0) is 48.8 Å². The number of nitrogens with two attached hydrogens (primary N) is 1. The van der Waals surface area contributed by atoms with Crippen LogP contribution < -0.4 is 5.73 Å². The Labute approximate surface area is 102 Å². The van der Waals surface area contributed by atoms with Crippen molar-refractivity contribution in [2.75, 3.05) is 0 Å². The third-order valence-electron chi connectivity index (χ3n) is 4.09. The monoisotopic (exact) mass is 235 g/mol. The molecule has 2 fully saturated rings. The van der Waals surface area contributed by atoms with E-state index in [9.17, 15) is 0 Å². The van der Waals surface area contributed by atoms with Crippen molar-refractivity contribution in [3.63, 3.8) is 0 Å². The zero-order valence-electron chi connectivity index (χ0n) is 9.51. The summed E-state index contributed by atoms with van der Waals surface area (Å²) < 4.78 is 0. The van der Waals surface area contributed by atoms with Crippen LogP contribution in [0.4, 0.5) is 0 Å². The van der Waals surface area contributed by atoms with Crippen LogP contribution in [-0.4, -0.2) is 0 Å². The fourth-order valence-electron chi connectivity index (χ4n) is 2.86. The molecule has 1 nitrogen and oxygen atoms in total. The number of halogens is 1. The lowest BCUT2D eigenvalue weighted by Gasteiger charge is -2.24. The molecule has 0 aliphatic heterocycles. The van der Waals surface area contributed by atoms with Crippen molar-refractivity contribution in [2.45, 2.75) is 50.0 Å². The van der Waals surface area contributed by atoms with Gasteiger partial charge in [-0.2, -0.15) is 0 Å². The zero-order valence-corrected chi connectivity index (χ0v) is 10.3. The molecule has 1 aromatic rings. The first-order valence-corrected chi connectivity index (χ1v) is 6.66. The van der Waals surface area contributed by atoms with Gasteiger partial charge in [-0.1, -0.05) is 36.6 Å². The number of rotatable bonds is 2. The summed E-state index contributed by atoms with van der Waals surface area (Å²) in [6, 6.07) is 6.51. The molecule has 0 spiro atoms. The van der Waals surface area contributed by atoms with Crippen molar-refractivity contribution >= 4 is 11.6 Å². The van der Waals surface area contributed by atoms with E-state index in [2.05, 4.69) is 18.2 Å². The molecule has 16 heavy (non-hydrogen) atoms. The van der Waals surface area contributed by atoms with Crippen LogP contribution in [0.2, 0.25) is 5.02 Å². The molecule has 0 bridgehead atoms. The van der Waals surface area contributed by atoms with Crippen molar-refractivity contribution in [2.24, 2.45) is 5.73 Å². The van der Waals surface area contributed by atoms with Crippen molar-refractivity contribution in [3.05, 3.63) is 34.3 Å². The number of benzene rings is 1. The normalized spacial score (nSPS) is 23.6. The molecule has 2 aliphatic rings. The Morgan fingerprint density at radius 3 is 2.44 bits per heavy atom. The van der Waals surface area contributed by atoms with Gasteiger partial charge < -0.3 is 5.73 Å². The Morgan fingerprint density at radius 1 is 1.19 bits per heavy atom. The van der Waals surface area contributed by atoms with Gasteiger partial charge >= 0.3 is 0 Å². The maximum absolute atomic E-state index is 6.43. The fraction of sp³-hybridized carbons (Fsp3) is 0.571. The molecule has 3 rings (SSSR count). The van der Waals surface area contributed by atoms with Crippen LogP contribution in [0.15, 0.2) is 18.2 Å². The minimum atomic E-state index is -0.105. The predicted molar refractivity (Wildman–Crippen MR) is 67.8 cm³/mol. The number of hydrogen-bond donors (Lipinski definition) is 1. The van der Waals surface area contributed by atoms with Gasteiger partial charge in [0.25, 0.3) is 0 Å². The fourth-order valence-corrected chi connectivity index (χ4v) is 3.19. The first-order chi connectivity index (χ1) is 7.69. The van der Waals surface area contributed by atoms with Crippen LogP contribution in [0.1, 0.15) is 55.6 Å². The summed E-state index contributed by atoms with van der Waals surface area (Å²) in [6.07, 6.45) is 7.30. The van der Waals surface area contributed by atoms with Crippen molar-refractivity contribution in [1.82, 2.24) is 0 Å². The Hall–Kier alpha value is -0.530. The van der Waals surface area contributed by atoms with E-state index in [1.54, 1.807) is 0 Å². The summed E-state index contributed by atoms with van der Waals surface area (Å²) in [5, 5.41) is 0.928. The molecule has 0 heterocycles. The van der Waals surface area contributed by atoms with E-state index in [-0.39, 0.29) is 5.54 Å². The molecule has 86 valence electrons. The number of hydrogen-bond acceptors (Lipinski definition) is 1. The van der Waals surface area contributed by atoms with Gasteiger partial charge in [0.2, 0.25) is 0 Å². The van der Waals surface area contributed by atoms with E-state index in [1.807, 2.05) is 0 Å². The lowest BCUT2D eigenvalue weighted by Crippen LogP contribution is -2.33. The largest absolute Gasteiger partial charge is 0.321 e. The van der Waals surface area contributed by atoms with Crippen molar-refractivity contribution < 1.29 is 0 Å². The predicted octanol–water partition coefficient (Wildman–Crippen LogP) is 3.95. The quantitative estimate of drug-likeness (QED) is 0.826. The minimum absolute atomic E-state index is 0.105. The summed E-state index contributed by atoms with van der Waals surface area (Å²) in [5.74, 6) is 0.721. The third kappa shape index (κ3) is 1.76. The zero-order chi connectivity index (χ0) is 11.2. The lowest BCUT2D eigenvalue weighted by atomic mass is 9.88. The van der Waals surface area contributed by atoms with Gasteiger partial charge in [-0.3, -0.25) is 0 Å². The standard InChI is InChI=1S/C14H18ClN/c15-13-9-11(14(16)7-1-2-8-14)5-6-12(13)10-3-4-10/h5-6,9-10H,1-4,7-8,16H2. The van der Waals surface area contributed by atoms with Gasteiger partial charge in [0, 0.05) is 10.6 Å². The maximum atomic E-state index is 6.43. The van der Waals surface area contributed by atoms with Crippen LogP contribution in [0.3, 0.4) is 0 Å². The molecule has 2 aliphatic carbocycles. The highest BCUT2D eigenvalue weighted by Gasteiger charge is 2.32. The average Bonchev–Trinajstić information content (AvgIpc) is 3.01. The van der Waals surface area contributed by atoms with Gasteiger partial charge in [0.05, 0.1) is 0 Å². The molecular weight excluding hydrogens is 218 g/mol. The molecule has 0 amide bonds. The first kappa shape index (κ1) is 10.6. The second-order valence-corrected chi connectivity index (χ2v) is 5.78. The summed E-state index contributed by atoms with van der Waals surface area (Å²) in [6.45, 7) is 0. The van der Waals surface area contributed by atoms with Crippen LogP contribution in [-0.2, 0) is 5.54 Å². The highest BCUT2D eigenvalue weighted by Crippen LogP contribution is 2.45. The topological polar surface area (TPSA) is 26.0 Å². The van der Waals surface area contributed by atoms with E-state index in [4.69, 9.17) is 17.3 Å². The molecule has 0 unspecified atom stereocenters. The third-order valence-corrected chi connectivity index (χ3v) is 4.42. The van der Waals surface area contributed by atoms with Gasteiger partial charge in [-0.25, -0.2) is 0 Å². The van der Waals surface area contributed by atoms with Crippen molar-refractivity contribution in [3.8, 4) is 0 Å². The lowest BCUT2D eigenvalue weighted by molar-refractivity contribution is 0.461. The van der Waals surface area contributed by atoms with Crippen LogP contribution >= 0.6 is 11.6 Å². The Balaban J connectivity index is 1.93. The minimum Gasteiger partial charge on any atom is -0.321 e.